The number of unbranched alkanes of at least 4 members (excludes halogenated alkanes) is 1. The summed E-state index contributed by atoms with van der Waals surface area (Å²) < 4.78 is 10.2. The summed E-state index contributed by atoms with van der Waals surface area (Å²) in [5.41, 5.74) is 0. The van der Waals surface area contributed by atoms with Crippen LogP contribution in [0.15, 0.2) is 22.8 Å². The van der Waals surface area contributed by atoms with Crippen molar-refractivity contribution in [1.82, 2.24) is 10.2 Å². The molecule has 0 aromatic carbocycles. The maximum Gasteiger partial charge on any atom is 0.409 e. The predicted molar refractivity (Wildman–Crippen MR) is 77.0 cm³/mol. The van der Waals surface area contributed by atoms with E-state index in [9.17, 15) is 9.59 Å². The van der Waals surface area contributed by atoms with E-state index in [0.717, 1.165) is 25.7 Å². The van der Waals surface area contributed by atoms with Crippen LogP contribution in [0.25, 0.3) is 0 Å². The van der Waals surface area contributed by atoms with E-state index in [-0.39, 0.29) is 18.0 Å². The molecule has 0 spiro atoms. The van der Waals surface area contributed by atoms with Crippen molar-refractivity contribution < 1.29 is 18.7 Å². The minimum absolute atomic E-state index is 0.0716. The SMILES string of the molecule is CCCCOC(=O)N1CCC(NC(=O)c2ccco2)CC1. The van der Waals surface area contributed by atoms with Gasteiger partial charge in [-0.3, -0.25) is 4.79 Å². The number of nitrogens with zero attached hydrogens (tertiary/aromatic N) is 1. The molecule has 2 amide bonds. The van der Waals surface area contributed by atoms with E-state index in [0.29, 0.717) is 25.5 Å². The van der Waals surface area contributed by atoms with E-state index < -0.39 is 0 Å². The third-order valence-corrected chi connectivity index (χ3v) is 3.56. The Balaban J connectivity index is 1.70. The third-order valence-electron chi connectivity index (χ3n) is 3.56. The number of likely N-dealkylation sites (tertiary alicyclic amines) is 1. The molecular weight excluding hydrogens is 272 g/mol. The lowest BCUT2D eigenvalue weighted by Crippen LogP contribution is -2.46. The highest BCUT2D eigenvalue weighted by Crippen LogP contribution is 2.12. The smallest absolute Gasteiger partial charge is 0.409 e. The van der Waals surface area contributed by atoms with Crippen LogP contribution in [0, 0.1) is 0 Å². The fourth-order valence-electron chi connectivity index (χ4n) is 2.27. The zero-order valence-corrected chi connectivity index (χ0v) is 12.3. The lowest BCUT2D eigenvalue weighted by Gasteiger charge is -2.31. The molecule has 0 saturated carbocycles. The van der Waals surface area contributed by atoms with Crippen LogP contribution in [0.5, 0.6) is 0 Å². The highest BCUT2D eigenvalue weighted by atomic mass is 16.6. The molecule has 0 atom stereocenters. The molecule has 0 aliphatic carbocycles. The first kappa shape index (κ1) is 15.4. The van der Waals surface area contributed by atoms with Gasteiger partial charge >= 0.3 is 6.09 Å². The molecular formula is C15H22N2O4. The summed E-state index contributed by atoms with van der Waals surface area (Å²) in [4.78, 5) is 25.3. The van der Waals surface area contributed by atoms with Crippen LogP contribution in [0.4, 0.5) is 4.79 Å². The second kappa shape index (κ2) is 7.71. The van der Waals surface area contributed by atoms with Gasteiger partial charge in [0.05, 0.1) is 12.9 Å². The third kappa shape index (κ3) is 4.51. The molecule has 116 valence electrons. The van der Waals surface area contributed by atoms with E-state index in [1.54, 1.807) is 17.0 Å². The van der Waals surface area contributed by atoms with Gasteiger partial charge in [-0.15, -0.1) is 0 Å². The van der Waals surface area contributed by atoms with Crippen molar-refractivity contribution >= 4 is 12.0 Å². The Hall–Kier alpha value is -1.98. The van der Waals surface area contributed by atoms with Gasteiger partial charge in [-0.1, -0.05) is 13.3 Å². The average Bonchev–Trinajstić information content (AvgIpc) is 3.02. The summed E-state index contributed by atoms with van der Waals surface area (Å²) in [5, 5.41) is 2.92. The number of piperidine rings is 1. The summed E-state index contributed by atoms with van der Waals surface area (Å²) >= 11 is 0. The van der Waals surface area contributed by atoms with Gasteiger partial charge in [0.15, 0.2) is 5.76 Å². The minimum atomic E-state index is -0.251. The van der Waals surface area contributed by atoms with Gasteiger partial charge in [0, 0.05) is 19.1 Å². The molecule has 0 bridgehead atoms. The highest BCUT2D eigenvalue weighted by molar-refractivity contribution is 5.91. The number of ether oxygens (including phenoxy) is 1. The van der Waals surface area contributed by atoms with Gasteiger partial charge in [0.2, 0.25) is 0 Å². The van der Waals surface area contributed by atoms with Crippen molar-refractivity contribution in [3.63, 3.8) is 0 Å². The van der Waals surface area contributed by atoms with Gasteiger partial charge in [-0.2, -0.15) is 0 Å². The number of hydrogen-bond acceptors (Lipinski definition) is 4. The van der Waals surface area contributed by atoms with E-state index >= 15 is 0 Å². The molecule has 0 radical (unpaired) electrons. The van der Waals surface area contributed by atoms with Crippen LogP contribution in [0.3, 0.4) is 0 Å². The first-order valence-electron chi connectivity index (χ1n) is 7.46. The van der Waals surface area contributed by atoms with Crippen molar-refractivity contribution in [1.29, 1.82) is 0 Å². The molecule has 1 N–H and O–H groups in total. The molecule has 1 aromatic rings. The number of carbonyl (C=O) groups excluding carboxylic acids is 2. The van der Waals surface area contributed by atoms with Crippen LogP contribution in [0.1, 0.15) is 43.2 Å². The Morgan fingerprint density at radius 2 is 2.19 bits per heavy atom. The van der Waals surface area contributed by atoms with Crippen LogP contribution in [0.2, 0.25) is 0 Å². The fourth-order valence-corrected chi connectivity index (χ4v) is 2.27. The molecule has 2 rings (SSSR count). The number of nitrogens with one attached hydrogen (secondary N) is 1. The molecule has 2 heterocycles. The van der Waals surface area contributed by atoms with Crippen LogP contribution < -0.4 is 5.32 Å². The van der Waals surface area contributed by atoms with Crippen molar-refractivity contribution in [3.05, 3.63) is 24.2 Å². The average molecular weight is 294 g/mol. The van der Waals surface area contributed by atoms with Gasteiger partial charge in [-0.05, 0) is 31.4 Å². The summed E-state index contributed by atoms with van der Waals surface area (Å²) in [7, 11) is 0. The quantitative estimate of drug-likeness (QED) is 0.846. The zero-order valence-electron chi connectivity index (χ0n) is 12.3. The molecule has 6 heteroatoms. The standard InChI is InChI=1S/C15H22N2O4/c1-2-3-10-21-15(19)17-8-6-12(7-9-17)16-14(18)13-5-4-11-20-13/h4-5,11-12H,2-3,6-10H2,1H3,(H,16,18). The zero-order chi connectivity index (χ0) is 15.1. The molecule has 1 aliphatic rings. The largest absolute Gasteiger partial charge is 0.459 e. The summed E-state index contributed by atoms with van der Waals surface area (Å²) in [6.07, 6.45) is 4.59. The number of carbonyl (C=O) groups is 2. The first-order chi connectivity index (χ1) is 10.2. The fraction of sp³-hybridized carbons (Fsp3) is 0.600. The molecule has 0 unspecified atom stereocenters. The second-order valence-electron chi connectivity index (χ2n) is 5.18. The summed E-state index contributed by atoms with van der Waals surface area (Å²) in [6, 6.07) is 3.39. The Morgan fingerprint density at radius 3 is 2.81 bits per heavy atom. The second-order valence-corrected chi connectivity index (χ2v) is 5.18. The van der Waals surface area contributed by atoms with Crippen molar-refractivity contribution in [2.75, 3.05) is 19.7 Å². The monoisotopic (exact) mass is 294 g/mol. The minimum Gasteiger partial charge on any atom is -0.459 e. The van der Waals surface area contributed by atoms with Gasteiger partial charge in [0.25, 0.3) is 5.91 Å². The molecule has 21 heavy (non-hydrogen) atoms. The highest BCUT2D eigenvalue weighted by Gasteiger charge is 2.25. The Kier molecular flexibility index (Phi) is 5.66. The number of amides is 2. The van der Waals surface area contributed by atoms with Crippen LogP contribution in [-0.2, 0) is 4.74 Å². The molecule has 1 aliphatic heterocycles. The van der Waals surface area contributed by atoms with E-state index in [4.69, 9.17) is 9.15 Å². The van der Waals surface area contributed by atoms with Crippen molar-refractivity contribution in [2.24, 2.45) is 0 Å². The molecule has 6 nitrogen and oxygen atoms in total. The van der Waals surface area contributed by atoms with Crippen LogP contribution in [-0.4, -0.2) is 42.6 Å². The maximum absolute atomic E-state index is 11.9. The number of rotatable bonds is 5. The maximum atomic E-state index is 11.9. The molecule has 1 saturated heterocycles. The van der Waals surface area contributed by atoms with Gasteiger partial charge < -0.3 is 19.4 Å². The first-order valence-corrected chi connectivity index (χ1v) is 7.46. The number of furan rings is 1. The van der Waals surface area contributed by atoms with Gasteiger partial charge in [-0.25, -0.2) is 4.79 Å². The lowest BCUT2D eigenvalue weighted by atomic mass is 10.1. The van der Waals surface area contributed by atoms with Gasteiger partial charge in [0.1, 0.15) is 0 Å². The summed E-state index contributed by atoms with van der Waals surface area (Å²) in [6.45, 7) is 3.74. The van der Waals surface area contributed by atoms with Crippen LogP contribution >= 0.6 is 0 Å². The Labute approximate surface area is 124 Å². The van der Waals surface area contributed by atoms with E-state index in [1.165, 1.54) is 6.26 Å². The summed E-state index contributed by atoms with van der Waals surface area (Å²) in [5.74, 6) is 0.111. The van der Waals surface area contributed by atoms with E-state index in [1.807, 2.05) is 0 Å². The Bertz CT molecular complexity index is 450. The van der Waals surface area contributed by atoms with E-state index in [2.05, 4.69) is 12.2 Å². The number of hydrogen-bond donors (Lipinski definition) is 1. The molecule has 1 fully saturated rings. The lowest BCUT2D eigenvalue weighted by molar-refractivity contribution is 0.0821. The Morgan fingerprint density at radius 1 is 1.43 bits per heavy atom. The topological polar surface area (TPSA) is 71.8 Å². The predicted octanol–water partition coefficient (Wildman–Crippen LogP) is 2.41. The molecule has 1 aromatic heterocycles. The van der Waals surface area contributed by atoms with Crippen molar-refractivity contribution in [2.45, 2.75) is 38.6 Å². The van der Waals surface area contributed by atoms with Crippen molar-refractivity contribution in [3.8, 4) is 0 Å². The normalized spacial score (nSPS) is 15.8.